The molecule has 1 unspecified atom stereocenters. The van der Waals surface area contributed by atoms with Crippen LogP contribution in [-0.4, -0.2) is 24.9 Å². The molecule has 0 N–H and O–H groups in total. The van der Waals surface area contributed by atoms with E-state index < -0.39 is 0 Å². The van der Waals surface area contributed by atoms with Crippen molar-refractivity contribution < 1.29 is 0 Å². The summed E-state index contributed by atoms with van der Waals surface area (Å²) in [5, 5.41) is 9.84. The molecule has 1 atom stereocenters. The molecular formula is C24H28N4OS2. The Morgan fingerprint density at radius 1 is 1.19 bits per heavy atom. The van der Waals surface area contributed by atoms with Gasteiger partial charge in [0.25, 0.3) is 0 Å². The molecule has 1 aliphatic carbocycles. The molecule has 0 amide bonds. The van der Waals surface area contributed by atoms with E-state index in [4.69, 9.17) is 0 Å². The minimum Gasteiger partial charge on any atom is -0.300 e. The van der Waals surface area contributed by atoms with E-state index in [2.05, 4.69) is 59.0 Å². The van der Waals surface area contributed by atoms with E-state index in [9.17, 15) is 4.79 Å². The SMILES string of the molecule is CCSc1nnc2n(Cc3ccccc3)c3c(=O)c4c(sc3n12)CC(C(C)(C)C)CC4. The van der Waals surface area contributed by atoms with E-state index in [0.717, 1.165) is 57.4 Å². The molecule has 1 aliphatic rings. The van der Waals surface area contributed by atoms with Crippen molar-refractivity contribution in [1.29, 1.82) is 0 Å². The van der Waals surface area contributed by atoms with Crippen molar-refractivity contribution in [3.8, 4) is 0 Å². The molecule has 0 saturated heterocycles. The highest BCUT2D eigenvalue weighted by atomic mass is 32.2. The maximum Gasteiger partial charge on any atom is 0.238 e. The lowest BCUT2D eigenvalue weighted by molar-refractivity contribution is 0.217. The van der Waals surface area contributed by atoms with Crippen molar-refractivity contribution in [3.05, 3.63) is 56.6 Å². The van der Waals surface area contributed by atoms with E-state index >= 15 is 0 Å². The number of rotatable bonds is 4. The highest BCUT2D eigenvalue weighted by Crippen LogP contribution is 2.40. The average Bonchev–Trinajstić information content (AvgIpc) is 3.28. The minimum atomic E-state index is 0.185. The Hall–Kier alpha value is -2.12. The molecule has 0 aliphatic heterocycles. The predicted octanol–water partition coefficient (Wildman–Crippen LogP) is 5.42. The van der Waals surface area contributed by atoms with Gasteiger partial charge in [0.2, 0.25) is 11.2 Å². The highest BCUT2D eigenvalue weighted by Gasteiger charge is 2.32. The zero-order valence-corrected chi connectivity index (χ0v) is 20.1. The number of aromatic nitrogens is 4. The molecule has 3 aromatic heterocycles. The summed E-state index contributed by atoms with van der Waals surface area (Å²) in [6.45, 7) is 9.68. The highest BCUT2D eigenvalue weighted by molar-refractivity contribution is 7.99. The summed E-state index contributed by atoms with van der Waals surface area (Å²) < 4.78 is 4.19. The Labute approximate surface area is 190 Å². The van der Waals surface area contributed by atoms with Gasteiger partial charge in [-0.3, -0.25) is 9.36 Å². The van der Waals surface area contributed by atoms with Crippen LogP contribution in [0.5, 0.6) is 0 Å². The van der Waals surface area contributed by atoms with Gasteiger partial charge in [-0.2, -0.15) is 0 Å². The van der Waals surface area contributed by atoms with Crippen LogP contribution < -0.4 is 5.43 Å². The van der Waals surface area contributed by atoms with Crippen LogP contribution in [0.3, 0.4) is 0 Å². The van der Waals surface area contributed by atoms with Gasteiger partial charge in [-0.05, 0) is 41.9 Å². The fourth-order valence-electron chi connectivity index (χ4n) is 4.64. The van der Waals surface area contributed by atoms with Crippen LogP contribution in [0.2, 0.25) is 0 Å². The van der Waals surface area contributed by atoms with Crippen LogP contribution in [0.25, 0.3) is 16.1 Å². The van der Waals surface area contributed by atoms with Gasteiger partial charge in [-0.25, -0.2) is 4.40 Å². The third-order valence-electron chi connectivity index (χ3n) is 6.44. The Balaban J connectivity index is 1.76. The first-order valence-electron chi connectivity index (χ1n) is 11.0. The van der Waals surface area contributed by atoms with Crippen LogP contribution in [0.1, 0.15) is 50.1 Å². The zero-order valence-electron chi connectivity index (χ0n) is 18.5. The standard InChI is InChI=1S/C24H28N4OS2/c1-5-30-23-26-25-22-27(14-15-9-7-6-8-10-15)19-20(29)17-12-11-16(24(2,3)4)13-18(17)31-21(19)28(22)23/h6-10,16H,5,11-14H2,1-4H3. The number of hydrogen-bond donors (Lipinski definition) is 0. The largest absolute Gasteiger partial charge is 0.300 e. The second-order valence-electron chi connectivity index (χ2n) is 9.42. The van der Waals surface area contributed by atoms with Crippen LogP contribution >= 0.6 is 23.1 Å². The molecule has 4 aromatic rings. The lowest BCUT2D eigenvalue weighted by atomic mass is 9.72. The third-order valence-corrected chi connectivity index (χ3v) is 8.48. The molecule has 7 heteroatoms. The van der Waals surface area contributed by atoms with E-state index in [1.807, 2.05) is 18.2 Å². The monoisotopic (exact) mass is 452 g/mol. The lowest BCUT2D eigenvalue weighted by Crippen LogP contribution is -2.29. The third kappa shape index (κ3) is 3.52. The second kappa shape index (κ2) is 7.78. The van der Waals surface area contributed by atoms with Gasteiger partial charge >= 0.3 is 0 Å². The molecule has 5 nitrogen and oxygen atoms in total. The van der Waals surface area contributed by atoms with E-state index in [1.165, 1.54) is 4.88 Å². The molecule has 3 heterocycles. The van der Waals surface area contributed by atoms with Crippen LogP contribution in [-0.2, 0) is 19.4 Å². The fourth-order valence-corrected chi connectivity index (χ4v) is 6.75. The predicted molar refractivity (Wildman–Crippen MR) is 130 cm³/mol. The summed E-state index contributed by atoms with van der Waals surface area (Å²) in [6.07, 6.45) is 2.94. The van der Waals surface area contributed by atoms with E-state index in [0.29, 0.717) is 12.5 Å². The molecule has 5 rings (SSSR count). The van der Waals surface area contributed by atoms with Gasteiger partial charge in [0.15, 0.2) is 5.16 Å². The van der Waals surface area contributed by atoms with Gasteiger partial charge in [0.05, 0.1) is 6.54 Å². The average molecular weight is 453 g/mol. The first kappa shape index (κ1) is 20.8. The Kier molecular flexibility index (Phi) is 5.21. The molecule has 0 fully saturated rings. The van der Waals surface area contributed by atoms with Crippen molar-refractivity contribution in [1.82, 2.24) is 19.2 Å². The van der Waals surface area contributed by atoms with E-state index in [1.54, 1.807) is 23.1 Å². The molecular weight excluding hydrogens is 424 g/mol. The zero-order chi connectivity index (χ0) is 21.8. The maximum absolute atomic E-state index is 13.8. The molecule has 0 spiro atoms. The normalized spacial score (nSPS) is 16.8. The molecule has 0 bridgehead atoms. The van der Waals surface area contributed by atoms with Gasteiger partial charge in [-0.1, -0.05) is 69.8 Å². The summed E-state index contributed by atoms with van der Waals surface area (Å²) in [5.41, 5.74) is 3.39. The quantitative estimate of drug-likeness (QED) is 0.388. The number of hydrogen-bond acceptors (Lipinski definition) is 5. The number of imidazole rings is 1. The fraction of sp³-hybridized carbons (Fsp3) is 0.458. The molecule has 31 heavy (non-hydrogen) atoms. The molecule has 162 valence electrons. The number of thioether (sulfide) groups is 1. The van der Waals surface area contributed by atoms with Crippen molar-refractivity contribution >= 4 is 39.2 Å². The molecule has 0 radical (unpaired) electrons. The van der Waals surface area contributed by atoms with Crippen LogP contribution in [0.4, 0.5) is 0 Å². The first-order chi connectivity index (χ1) is 14.9. The summed E-state index contributed by atoms with van der Waals surface area (Å²) >= 11 is 3.45. The van der Waals surface area contributed by atoms with Gasteiger partial charge in [0.1, 0.15) is 10.3 Å². The van der Waals surface area contributed by atoms with Crippen molar-refractivity contribution in [2.45, 2.75) is 58.7 Å². The van der Waals surface area contributed by atoms with Gasteiger partial charge in [0, 0.05) is 10.4 Å². The number of fused-ring (bicyclic) bond motifs is 4. The van der Waals surface area contributed by atoms with Crippen molar-refractivity contribution in [3.63, 3.8) is 0 Å². The summed E-state index contributed by atoms with van der Waals surface area (Å²) in [5.74, 6) is 2.27. The van der Waals surface area contributed by atoms with Crippen LogP contribution in [0.15, 0.2) is 40.3 Å². The molecule has 1 aromatic carbocycles. The molecule has 0 saturated carbocycles. The maximum atomic E-state index is 13.8. The minimum absolute atomic E-state index is 0.185. The summed E-state index contributed by atoms with van der Waals surface area (Å²) in [4.78, 5) is 16.0. The van der Waals surface area contributed by atoms with Crippen molar-refractivity contribution in [2.24, 2.45) is 11.3 Å². The lowest BCUT2D eigenvalue weighted by Gasteiger charge is -2.34. The summed E-state index contributed by atoms with van der Waals surface area (Å²) in [6, 6.07) is 10.3. The Morgan fingerprint density at radius 2 is 1.97 bits per heavy atom. The number of nitrogens with zero attached hydrogens (tertiary/aromatic N) is 4. The Morgan fingerprint density at radius 3 is 2.68 bits per heavy atom. The van der Waals surface area contributed by atoms with Gasteiger partial charge < -0.3 is 0 Å². The number of benzene rings is 1. The van der Waals surface area contributed by atoms with Gasteiger partial charge in [-0.15, -0.1) is 21.5 Å². The summed E-state index contributed by atoms with van der Waals surface area (Å²) in [7, 11) is 0. The first-order valence-corrected chi connectivity index (χ1v) is 12.8. The Bertz CT molecular complexity index is 1310. The second-order valence-corrected chi connectivity index (χ2v) is 11.7. The van der Waals surface area contributed by atoms with E-state index in [-0.39, 0.29) is 10.8 Å². The van der Waals surface area contributed by atoms with Crippen LogP contribution in [0, 0.1) is 11.3 Å². The smallest absolute Gasteiger partial charge is 0.238 e. The topological polar surface area (TPSA) is 52.2 Å². The van der Waals surface area contributed by atoms with Crippen molar-refractivity contribution in [2.75, 3.05) is 5.75 Å².